The maximum absolute atomic E-state index is 12.3. The average Bonchev–Trinajstić information content (AvgIpc) is 2.83. The van der Waals surface area contributed by atoms with Crippen LogP contribution in [0.2, 0.25) is 0 Å². The molecule has 0 amide bonds. The van der Waals surface area contributed by atoms with Gasteiger partial charge in [0.1, 0.15) is 11.4 Å². The van der Waals surface area contributed by atoms with Crippen molar-refractivity contribution in [2.75, 3.05) is 7.11 Å². The fourth-order valence-electron chi connectivity index (χ4n) is 2.81. The lowest BCUT2D eigenvalue weighted by Crippen LogP contribution is -2.17. The molecule has 23 heavy (non-hydrogen) atoms. The highest BCUT2D eigenvalue weighted by Crippen LogP contribution is 2.31. The third kappa shape index (κ3) is 2.36. The topological polar surface area (TPSA) is 79.6 Å². The van der Waals surface area contributed by atoms with E-state index < -0.39 is 0 Å². The van der Waals surface area contributed by atoms with E-state index in [0.29, 0.717) is 11.2 Å². The summed E-state index contributed by atoms with van der Waals surface area (Å²) in [6.45, 7) is 5.56. The summed E-state index contributed by atoms with van der Waals surface area (Å²) in [5, 5.41) is 14.8. The lowest BCUT2D eigenvalue weighted by atomic mass is 10.0. The molecule has 2 heterocycles. The Morgan fingerprint density at radius 3 is 2.48 bits per heavy atom. The van der Waals surface area contributed by atoms with Crippen molar-refractivity contribution < 1.29 is 9.84 Å². The summed E-state index contributed by atoms with van der Waals surface area (Å²) in [7, 11) is 1.61. The molecule has 0 bridgehead atoms. The van der Waals surface area contributed by atoms with Crippen LogP contribution in [0.15, 0.2) is 29.1 Å². The van der Waals surface area contributed by atoms with Crippen molar-refractivity contribution in [2.24, 2.45) is 0 Å². The molecule has 0 saturated carbocycles. The Kier molecular flexibility index (Phi) is 3.60. The molecule has 1 aromatic carbocycles. The van der Waals surface area contributed by atoms with Gasteiger partial charge in [-0.1, -0.05) is 26.0 Å². The summed E-state index contributed by atoms with van der Waals surface area (Å²) < 4.78 is 6.56. The van der Waals surface area contributed by atoms with Crippen LogP contribution < -0.4 is 10.3 Å². The number of aromatic nitrogens is 3. The van der Waals surface area contributed by atoms with Gasteiger partial charge in [-0.05, 0) is 30.5 Å². The first kappa shape index (κ1) is 15.1. The number of aryl methyl sites for hydroxylation is 1. The molecule has 0 fully saturated rings. The number of hydrogen-bond donors (Lipinski definition) is 2. The summed E-state index contributed by atoms with van der Waals surface area (Å²) in [5.74, 6) is 0.542. The highest BCUT2D eigenvalue weighted by atomic mass is 16.5. The van der Waals surface area contributed by atoms with E-state index in [-0.39, 0.29) is 17.4 Å². The van der Waals surface area contributed by atoms with Crippen molar-refractivity contribution in [3.63, 3.8) is 0 Å². The van der Waals surface area contributed by atoms with Gasteiger partial charge in [-0.2, -0.15) is 9.61 Å². The fraction of sp³-hybridized carbons (Fsp3) is 0.294. The number of ether oxygens (including phenoxy) is 1. The van der Waals surface area contributed by atoms with Crippen molar-refractivity contribution in [2.45, 2.75) is 26.7 Å². The second-order valence-corrected chi connectivity index (χ2v) is 5.80. The van der Waals surface area contributed by atoms with Gasteiger partial charge in [0.25, 0.3) is 5.56 Å². The number of rotatable bonds is 3. The van der Waals surface area contributed by atoms with Gasteiger partial charge in [0.05, 0.1) is 18.4 Å². The standard InChI is InChI=1S/C17H19N3O3/c1-9(2)13-16(21)18-15-14(10(3)19-20(15)17(13)22)11-5-7-12(23-4)8-6-11/h5-9,22H,1-4H3,(H,18,21). The van der Waals surface area contributed by atoms with Crippen LogP contribution in [0, 0.1) is 6.92 Å². The van der Waals surface area contributed by atoms with E-state index in [2.05, 4.69) is 10.1 Å². The molecule has 2 aromatic heterocycles. The number of methoxy groups -OCH3 is 1. The van der Waals surface area contributed by atoms with E-state index >= 15 is 0 Å². The summed E-state index contributed by atoms with van der Waals surface area (Å²) in [6.07, 6.45) is 0. The Hall–Kier alpha value is -2.76. The van der Waals surface area contributed by atoms with E-state index in [1.165, 1.54) is 4.52 Å². The van der Waals surface area contributed by atoms with Crippen LogP contribution in [0.25, 0.3) is 16.8 Å². The monoisotopic (exact) mass is 313 g/mol. The largest absolute Gasteiger partial charge is 0.497 e. The molecule has 0 spiro atoms. The fourth-order valence-corrected chi connectivity index (χ4v) is 2.81. The van der Waals surface area contributed by atoms with Gasteiger partial charge < -0.3 is 14.8 Å². The number of H-pyrrole nitrogens is 1. The van der Waals surface area contributed by atoms with Crippen molar-refractivity contribution >= 4 is 5.65 Å². The third-order valence-corrected chi connectivity index (χ3v) is 3.93. The zero-order valence-corrected chi connectivity index (χ0v) is 13.5. The summed E-state index contributed by atoms with van der Waals surface area (Å²) in [5.41, 5.74) is 2.93. The molecule has 0 radical (unpaired) electrons. The number of aromatic amines is 1. The average molecular weight is 313 g/mol. The zero-order valence-electron chi connectivity index (χ0n) is 13.5. The molecule has 6 heteroatoms. The van der Waals surface area contributed by atoms with Crippen LogP contribution >= 0.6 is 0 Å². The van der Waals surface area contributed by atoms with Gasteiger partial charge in [0.2, 0.25) is 5.88 Å². The van der Waals surface area contributed by atoms with Gasteiger partial charge in [0.15, 0.2) is 0 Å². The first-order valence-electron chi connectivity index (χ1n) is 7.43. The number of fused-ring (bicyclic) bond motifs is 1. The number of hydrogen-bond acceptors (Lipinski definition) is 4. The molecule has 0 aliphatic rings. The van der Waals surface area contributed by atoms with Gasteiger partial charge in [-0.25, -0.2) is 0 Å². The highest BCUT2D eigenvalue weighted by molar-refractivity contribution is 5.80. The van der Waals surface area contributed by atoms with Crippen LogP contribution in [0.5, 0.6) is 11.6 Å². The summed E-state index contributed by atoms with van der Waals surface area (Å²) >= 11 is 0. The number of nitrogens with one attached hydrogen (secondary N) is 1. The molecule has 3 aromatic rings. The Morgan fingerprint density at radius 2 is 1.91 bits per heavy atom. The smallest absolute Gasteiger partial charge is 0.258 e. The van der Waals surface area contributed by atoms with Gasteiger partial charge in [0, 0.05) is 5.56 Å². The van der Waals surface area contributed by atoms with Crippen LogP contribution in [0.3, 0.4) is 0 Å². The zero-order chi connectivity index (χ0) is 16.7. The lowest BCUT2D eigenvalue weighted by Gasteiger charge is -2.09. The van der Waals surface area contributed by atoms with E-state index in [0.717, 1.165) is 22.6 Å². The van der Waals surface area contributed by atoms with Crippen LogP contribution in [-0.2, 0) is 0 Å². The predicted octanol–water partition coefficient (Wildman–Crippen LogP) is 2.84. The van der Waals surface area contributed by atoms with E-state index in [1.54, 1.807) is 7.11 Å². The molecule has 0 aliphatic carbocycles. The quantitative estimate of drug-likeness (QED) is 0.779. The number of aromatic hydroxyl groups is 1. The normalized spacial score (nSPS) is 11.3. The van der Waals surface area contributed by atoms with E-state index in [4.69, 9.17) is 4.74 Å². The Morgan fingerprint density at radius 1 is 1.26 bits per heavy atom. The predicted molar refractivity (Wildman–Crippen MR) is 88.3 cm³/mol. The maximum atomic E-state index is 12.3. The first-order valence-corrected chi connectivity index (χ1v) is 7.43. The van der Waals surface area contributed by atoms with Gasteiger partial charge in [-0.15, -0.1) is 0 Å². The molecule has 120 valence electrons. The molecular weight excluding hydrogens is 294 g/mol. The van der Waals surface area contributed by atoms with Gasteiger partial charge in [-0.3, -0.25) is 4.79 Å². The van der Waals surface area contributed by atoms with E-state index in [1.807, 2.05) is 45.0 Å². The minimum Gasteiger partial charge on any atom is -0.497 e. The minimum atomic E-state index is -0.292. The summed E-state index contributed by atoms with van der Waals surface area (Å²) in [4.78, 5) is 15.2. The van der Waals surface area contributed by atoms with Crippen LogP contribution in [0.4, 0.5) is 0 Å². The maximum Gasteiger partial charge on any atom is 0.258 e. The molecule has 0 atom stereocenters. The second-order valence-electron chi connectivity index (χ2n) is 5.80. The minimum absolute atomic E-state index is 0.0999. The SMILES string of the molecule is COc1ccc(-c2c(C)nn3c(O)c(C(C)C)c(=O)[nH]c23)cc1. The van der Waals surface area contributed by atoms with Crippen molar-refractivity contribution in [1.29, 1.82) is 0 Å². The molecule has 0 unspecified atom stereocenters. The first-order chi connectivity index (χ1) is 10.9. The Labute approximate surface area is 133 Å². The third-order valence-electron chi connectivity index (χ3n) is 3.93. The highest BCUT2D eigenvalue weighted by Gasteiger charge is 2.20. The Bertz CT molecular complexity index is 921. The number of benzene rings is 1. The molecule has 2 N–H and O–H groups in total. The van der Waals surface area contributed by atoms with Crippen LogP contribution in [0.1, 0.15) is 31.0 Å². The second kappa shape index (κ2) is 5.46. The van der Waals surface area contributed by atoms with Crippen molar-refractivity contribution in [3.05, 3.63) is 45.9 Å². The molecule has 0 aliphatic heterocycles. The van der Waals surface area contributed by atoms with Crippen LogP contribution in [-0.4, -0.2) is 26.8 Å². The molecule has 6 nitrogen and oxygen atoms in total. The van der Waals surface area contributed by atoms with E-state index in [9.17, 15) is 9.90 Å². The summed E-state index contributed by atoms with van der Waals surface area (Å²) in [6, 6.07) is 7.49. The molecule has 3 rings (SSSR count). The molecule has 0 saturated heterocycles. The Balaban J connectivity index is 2.30. The molecular formula is C17H19N3O3. The van der Waals surface area contributed by atoms with Crippen molar-refractivity contribution in [1.82, 2.24) is 14.6 Å². The lowest BCUT2D eigenvalue weighted by molar-refractivity contribution is 0.415. The van der Waals surface area contributed by atoms with Crippen molar-refractivity contribution in [3.8, 4) is 22.8 Å². The van der Waals surface area contributed by atoms with Gasteiger partial charge >= 0.3 is 0 Å². The number of nitrogens with zero attached hydrogens (tertiary/aromatic N) is 2.